The number of aromatic nitrogens is 4. The second kappa shape index (κ2) is 20.8. The topological polar surface area (TPSA) is 51.6 Å². The molecule has 2 heterocycles. The molecule has 2 aliphatic carbocycles. The summed E-state index contributed by atoms with van der Waals surface area (Å²) in [6.07, 6.45) is 25.9. The normalized spacial score (nSPS) is 14.3. The standard InChI is InChI=1S/C69H60N4/c1-5-17-53-41-57(27-23-47(53)7-3)63-45-65(59-29-25-49-19-11-9-12-21-55(49)43-59)72-67(70-63)51-31-35-61(36-32-51)69(39-15-10-16-40-69)62-37-33-52(34-38-62)68-71-64(58-28-24-48(8-4)54(42-58)18-6-2)46-66(73-68)60-30-26-50-20-13-14-22-56(50)44-60/h5-8,12-14,17-18,20-38,41-46H,3-4,9-11,15-16,19,39-40H2,1-2H3/b17-5-,18-6-. The fourth-order valence-corrected chi connectivity index (χ4v) is 11.1. The number of nitrogens with zero attached hydrogens (tertiary/aromatic N) is 4. The first-order valence-corrected chi connectivity index (χ1v) is 26.0. The molecule has 0 unspecified atom stereocenters. The minimum Gasteiger partial charge on any atom is -0.228 e. The molecule has 2 aliphatic rings. The van der Waals surface area contributed by atoms with Crippen LogP contribution in [0.5, 0.6) is 0 Å². The molecule has 0 atom stereocenters. The summed E-state index contributed by atoms with van der Waals surface area (Å²) in [6.45, 7) is 12.2. The molecular formula is C69H60N4. The Morgan fingerprint density at radius 1 is 0.438 bits per heavy atom. The zero-order chi connectivity index (χ0) is 49.7. The molecule has 2 aromatic heterocycles. The minimum atomic E-state index is -0.135. The summed E-state index contributed by atoms with van der Waals surface area (Å²) in [5.74, 6) is 1.42. The highest BCUT2D eigenvalue weighted by molar-refractivity contribution is 5.88. The third-order valence-electron chi connectivity index (χ3n) is 15.0. The lowest BCUT2D eigenvalue weighted by Gasteiger charge is -2.39. The Kier molecular flexibility index (Phi) is 13.4. The Balaban J connectivity index is 0.966. The molecule has 0 amide bonds. The zero-order valence-corrected chi connectivity index (χ0v) is 42.0. The van der Waals surface area contributed by atoms with Gasteiger partial charge in [-0.2, -0.15) is 0 Å². The molecule has 73 heavy (non-hydrogen) atoms. The Morgan fingerprint density at radius 2 is 0.918 bits per heavy atom. The first kappa shape index (κ1) is 47.0. The summed E-state index contributed by atoms with van der Waals surface area (Å²) < 4.78 is 0. The number of fused-ring (bicyclic) bond motifs is 2. The largest absolute Gasteiger partial charge is 0.228 e. The number of hydrogen-bond acceptors (Lipinski definition) is 4. The van der Waals surface area contributed by atoms with Gasteiger partial charge in [-0.25, -0.2) is 19.9 Å². The maximum atomic E-state index is 5.32. The van der Waals surface area contributed by atoms with E-state index in [1.165, 1.54) is 58.7 Å². The molecule has 0 spiro atoms. The fraction of sp³-hybridized carbons (Fsp3) is 0.159. The van der Waals surface area contributed by atoms with Crippen LogP contribution in [0.3, 0.4) is 0 Å². The Bertz CT molecular complexity index is 3620. The predicted octanol–water partition coefficient (Wildman–Crippen LogP) is 18.4. The van der Waals surface area contributed by atoms with Gasteiger partial charge in [0.25, 0.3) is 0 Å². The quantitative estimate of drug-likeness (QED) is 0.122. The molecule has 11 rings (SSSR count). The third-order valence-corrected chi connectivity index (χ3v) is 15.0. The van der Waals surface area contributed by atoms with E-state index in [2.05, 4.69) is 207 Å². The summed E-state index contributed by atoms with van der Waals surface area (Å²) >= 11 is 0. The van der Waals surface area contributed by atoms with Crippen LogP contribution in [-0.4, -0.2) is 19.9 Å². The molecule has 0 bridgehead atoms. The van der Waals surface area contributed by atoms with Gasteiger partial charge in [-0.15, -0.1) is 0 Å². The molecule has 1 saturated carbocycles. The average Bonchev–Trinajstić information content (AvgIpc) is 3.70. The van der Waals surface area contributed by atoms with Gasteiger partial charge in [-0.3, -0.25) is 0 Å². The number of allylic oxidation sites excluding steroid dienone is 3. The summed E-state index contributed by atoms with van der Waals surface area (Å²) in [4.78, 5) is 21.2. The van der Waals surface area contributed by atoms with Gasteiger partial charge in [0, 0.05) is 38.8 Å². The summed E-state index contributed by atoms with van der Waals surface area (Å²) in [5, 5.41) is 2.38. The van der Waals surface area contributed by atoms with E-state index < -0.39 is 0 Å². The SMILES string of the molecule is C=Cc1ccc(-c2cc(-c3ccc4c(c3)C=CCCC4)nc(-c3ccc(C4(c5ccc(-c6nc(-c7ccc(C=C)c(/C=C\C)c7)cc(-c7ccc8ccccc8c7)n6)cc5)CCCCC4)cc3)n2)cc1/C=C\C. The highest BCUT2D eigenvalue weighted by Crippen LogP contribution is 2.46. The zero-order valence-electron chi connectivity index (χ0n) is 42.0. The molecule has 4 nitrogen and oxygen atoms in total. The van der Waals surface area contributed by atoms with Crippen molar-refractivity contribution in [2.45, 2.75) is 70.6 Å². The van der Waals surface area contributed by atoms with Gasteiger partial charge in [0.15, 0.2) is 11.6 Å². The second-order valence-electron chi connectivity index (χ2n) is 19.6. The number of rotatable bonds is 12. The summed E-state index contributed by atoms with van der Waals surface area (Å²) in [7, 11) is 0. The lowest BCUT2D eigenvalue weighted by Crippen LogP contribution is -2.30. The van der Waals surface area contributed by atoms with Crippen molar-refractivity contribution >= 4 is 41.2 Å². The predicted molar refractivity (Wildman–Crippen MR) is 310 cm³/mol. The van der Waals surface area contributed by atoms with E-state index in [9.17, 15) is 0 Å². The second-order valence-corrected chi connectivity index (χ2v) is 19.6. The Labute approximate surface area is 431 Å². The van der Waals surface area contributed by atoms with Gasteiger partial charge in [0.2, 0.25) is 0 Å². The van der Waals surface area contributed by atoms with Crippen LogP contribution < -0.4 is 0 Å². The van der Waals surface area contributed by atoms with E-state index in [-0.39, 0.29) is 5.41 Å². The molecular weight excluding hydrogens is 885 g/mol. The van der Waals surface area contributed by atoms with Gasteiger partial charge < -0.3 is 0 Å². The van der Waals surface area contributed by atoms with Crippen molar-refractivity contribution in [1.29, 1.82) is 0 Å². The average molecular weight is 945 g/mol. The molecule has 356 valence electrons. The molecule has 1 fully saturated rings. The summed E-state index contributed by atoms with van der Waals surface area (Å²) in [5.41, 5.74) is 19.4. The highest BCUT2D eigenvalue weighted by atomic mass is 14.9. The van der Waals surface area contributed by atoms with E-state index in [1.807, 2.05) is 26.0 Å². The maximum absolute atomic E-state index is 5.32. The van der Waals surface area contributed by atoms with Crippen molar-refractivity contribution < 1.29 is 0 Å². The van der Waals surface area contributed by atoms with Crippen molar-refractivity contribution in [3.63, 3.8) is 0 Å². The van der Waals surface area contributed by atoms with Crippen LogP contribution in [-0.2, 0) is 11.8 Å². The molecule has 0 saturated heterocycles. The summed E-state index contributed by atoms with van der Waals surface area (Å²) in [6, 6.07) is 57.4. The molecule has 0 radical (unpaired) electrons. The third kappa shape index (κ3) is 9.61. The molecule has 7 aromatic carbocycles. The molecule has 9 aromatic rings. The van der Waals surface area contributed by atoms with Crippen molar-refractivity contribution in [3.8, 4) is 67.8 Å². The van der Waals surface area contributed by atoms with Crippen LogP contribution in [0.4, 0.5) is 0 Å². The minimum absolute atomic E-state index is 0.135. The van der Waals surface area contributed by atoms with E-state index >= 15 is 0 Å². The van der Waals surface area contributed by atoms with Gasteiger partial charge in [-0.05, 0) is 138 Å². The molecule has 0 N–H and O–H groups in total. The van der Waals surface area contributed by atoms with Crippen LogP contribution >= 0.6 is 0 Å². The number of aryl methyl sites for hydroxylation is 1. The van der Waals surface area contributed by atoms with Crippen molar-refractivity contribution in [2.75, 3.05) is 0 Å². The van der Waals surface area contributed by atoms with Gasteiger partial charge >= 0.3 is 0 Å². The van der Waals surface area contributed by atoms with Gasteiger partial charge in [0.1, 0.15) is 0 Å². The van der Waals surface area contributed by atoms with Crippen LogP contribution in [0.2, 0.25) is 0 Å². The lowest BCUT2D eigenvalue weighted by atomic mass is 9.65. The van der Waals surface area contributed by atoms with E-state index in [4.69, 9.17) is 19.9 Å². The maximum Gasteiger partial charge on any atom is 0.160 e. The van der Waals surface area contributed by atoms with Crippen LogP contribution in [0.25, 0.3) is 109 Å². The number of benzene rings is 7. The van der Waals surface area contributed by atoms with E-state index in [1.54, 1.807) is 0 Å². The lowest BCUT2D eigenvalue weighted by molar-refractivity contribution is 0.346. The van der Waals surface area contributed by atoms with Gasteiger partial charge in [0.05, 0.1) is 22.8 Å². The van der Waals surface area contributed by atoms with Crippen LogP contribution in [0.15, 0.2) is 189 Å². The first-order valence-electron chi connectivity index (χ1n) is 26.0. The van der Waals surface area contributed by atoms with E-state index in [0.717, 1.165) is 104 Å². The van der Waals surface area contributed by atoms with Crippen molar-refractivity contribution in [1.82, 2.24) is 19.9 Å². The monoisotopic (exact) mass is 944 g/mol. The smallest absolute Gasteiger partial charge is 0.160 e. The Morgan fingerprint density at radius 3 is 1.45 bits per heavy atom. The number of hydrogen-bond donors (Lipinski definition) is 0. The first-order chi connectivity index (χ1) is 35.9. The van der Waals surface area contributed by atoms with Crippen LogP contribution in [0, 0.1) is 0 Å². The van der Waals surface area contributed by atoms with Crippen molar-refractivity contribution in [3.05, 3.63) is 234 Å². The molecule has 4 heteroatoms. The van der Waals surface area contributed by atoms with Gasteiger partial charge in [-0.1, -0.05) is 202 Å². The van der Waals surface area contributed by atoms with E-state index in [0.29, 0.717) is 11.6 Å². The Hall–Kier alpha value is -8.34. The highest BCUT2D eigenvalue weighted by Gasteiger charge is 2.36. The van der Waals surface area contributed by atoms with Crippen molar-refractivity contribution in [2.24, 2.45) is 0 Å². The fourth-order valence-electron chi connectivity index (χ4n) is 11.1. The molecule has 0 aliphatic heterocycles. The van der Waals surface area contributed by atoms with Crippen LogP contribution in [0.1, 0.15) is 103 Å².